The van der Waals surface area contributed by atoms with E-state index >= 15 is 0 Å². The van der Waals surface area contributed by atoms with Crippen LogP contribution in [0.4, 0.5) is 5.82 Å². The summed E-state index contributed by atoms with van der Waals surface area (Å²) in [4.78, 5) is 8.82. The molecular weight excluding hydrogens is 234 g/mol. The molecule has 1 aromatic heterocycles. The fourth-order valence-electron chi connectivity index (χ4n) is 2.29. The summed E-state index contributed by atoms with van der Waals surface area (Å²) >= 11 is 6.10. The van der Waals surface area contributed by atoms with Gasteiger partial charge < -0.3 is 5.32 Å². The third-order valence-electron chi connectivity index (χ3n) is 3.26. The monoisotopic (exact) mass is 253 g/mol. The van der Waals surface area contributed by atoms with Gasteiger partial charge in [0.25, 0.3) is 0 Å². The molecule has 1 N–H and O–H groups in total. The summed E-state index contributed by atoms with van der Waals surface area (Å²) in [6.45, 7) is 4.06. The summed E-state index contributed by atoms with van der Waals surface area (Å²) in [7, 11) is 0. The van der Waals surface area contributed by atoms with E-state index in [1.165, 1.54) is 0 Å². The highest BCUT2D eigenvalue weighted by molar-refractivity contribution is 6.20. The molecule has 0 saturated heterocycles. The van der Waals surface area contributed by atoms with Gasteiger partial charge in [-0.15, -0.1) is 11.6 Å². The van der Waals surface area contributed by atoms with Gasteiger partial charge in [-0.25, -0.2) is 9.97 Å². The Morgan fingerprint density at radius 1 is 1.29 bits per heavy atom. The van der Waals surface area contributed by atoms with Crippen molar-refractivity contribution >= 4 is 17.4 Å². The van der Waals surface area contributed by atoms with E-state index in [1.54, 1.807) is 0 Å². The van der Waals surface area contributed by atoms with Gasteiger partial charge in [0.2, 0.25) is 0 Å². The van der Waals surface area contributed by atoms with E-state index in [0.717, 1.165) is 49.4 Å². The minimum atomic E-state index is 0.367. The molecule has 1 saturated carbocycles. The topological polar surface area (TPSA) is 37.8 Å². The number of nitrogens with zero attached hydrogens (tertiary/aromatic N) is 2. The second kappa shape index (κ2) is 5.67. The van der Waals surface area contributed by atoms with E-state index in [0.29, 0.717) is 11.4 Å². The van der Waals surface area contributed by atoms with Crippen LogP contribution in [0.25, 0.3) is 0 Å². The third kappa shape index (κ3) is 3.56. The van der Waals surface area contributed by atoms with Crippen LogP contribution in [0.2, 0.25) is 0 Å². The van der Waals surface area contributed by atoms with Gasteiger partial charge in [-0.3, -0.25) is 0 Å². The molecule has 2 rings (SSSR count). The SMILES string of the molecule is CCc1cc(NC2CCC(Cl)CC2)nc(C)n1. The van der Waals surface area contributed by atoms with Crippen molar-refractivity contribution in [3.8, 4) is 0 Å². The van der Waals surface area contributed by atoms with E-state index < -0.39 is 0 Å². The zero-order chi connectivity index (χ0) is 12.3. The normalized spacial score (nSPS) is 24.6. The van der Waals surface area contributed by atoms with Crippen LogP contribution >= 0.6 is 11.6 Å². The van der Waals surface area contributed by atoms with Crippen molar-refractivity contribution in [1.82, 2.24) is 9.97 Å². The number of hydrogen-bond donors (Lipinski definition) is 1. The molecular formula is C13H20ClN3. The first-order valence-electron chi connectivity index (χ1n) is 6.42. The van der Waals surface area contributed by atoms with E-state index in [1.807, 2.05) is 6.92 Å². The van der Waals surface area contributed by atoms with Crippen LogP contribution in [0, 0.1) is 6.92 Å². The Morgan fingerprint density at radius 2 is 2.00 bits per heavy atom. The van der Waals surface area contributed by atoms with Gasteiger partial charge in [-0.1, -0.05) is 6.92 Å². The lowest BCUT2D eigenvalue weighted by molar-refractivity contribution is 0.467. The molecule has 17 heavy (non-hydrogen) atoms. The Hall–Kier alpha value is -0.830. The van der Waals surface area contributed by atoms with Crippen LogP contribution in [0.15, 0.2) is 6.07 Å². The van der Waals surface area contributed by atoms with Gasteiger partial charge in [-0.05, 0) is 39.0 Å². The van der Waals surface area contributed by atoms with Crippen molar-refractivity contribution in [1.29, 1.82) is 0 Å². The molecule has 0 unspecified atom stereocenters. The summed E-state index contributed by atoms with van der Waals surface area (Å²) in [5, 5.41) is 3.87. The molecule has 0 spiro atoms. The lowest BCUT2D eigenvalue weighted by atomic mass is 9.95. The molecule has 1 aliphatic rings. The molecule has 94 valence electrons. The van der Waals surface area contributed by atoms with E-state index in [9.17, 15) is 0 Å². The Morgan fingerprint density at radius 3 is 2.65 bits per heavy atom. The highest BCUT2D eigenvalue weighted by Crippen LogP contribution is 2.25. The van der Waals surface area contributed by atoms with Gasteiger partial charge in [0.1, 0.15) is 11.6 Å². The molecule has 1 aromatic rings. The summed E-state index contributed by atoms with van der Waals surface area (Å²) in [5.41, 5.74) is 1.10. The number of alkyl halides is 1. The van der Waals surface area contributed by atoms with Crippen LogP contribution in [0.5, 0.6) is 0 Å². The molecule has 1 fully saturated rings. The zero-order valence-electron chi connectivity index (χ0n) is 10.5. The second-order valence-electron chi connectivity index (χ2n) is 4.74. The molecule has 0 bridgehead atoms. The van der Waals surface area contributed by atoms with Crippen molar-refractivity contribution in [2.24, 2.45) is 0 Å². The Bertz CT molecular complexity index is 373. The molecule has 0 radical (unpaired) electrons. The fraction of sp³-hybridized carbons (Fsp3) is 0.692. The Labute approximate surface area is 108 Å². The summed E-state index contributed by atoms with van der Waals surface area (Å²) in [5.74, 6) is 1.81. The summed E-state index contributed by atoms with van der Waals surface area (Å²) in [6.07, 6.45) is 5.43. The average molecular weight is 254 g/mol. The van der Waals surface area contributed by atoms with Crippen molar-refractivity contribution in [3.63, 3.8) is 0 Å². The number of hydrogen-bond acceptors (Lipinski definition) is 3. The predicted molar refractivity (Wildman–Crippen MR) is 71.7 cm³/mol. The molecule has 1 heterocycles. The van der Waals surface area contributed by atoms with Gasteiger partial charge in [0.05, 0.1) is 0 Å². The zero-order valence-corrected chi connectivity index (χ0v) is 11.3. The van der Waals surface area contributed by atoms with E-state index in [4.69, 9.17) is 11.6 Å². The quantitative estimate of drug-likeness (QED) is 0.840. The first kappa shape index (κ1) is 12.6. The third-order valence-corrected chi connectivity index (χ3v) is 3.70. The van der Waals surface area contributed by atoms with Crippen molar-refractivity contribution < 1.29 is 0 Å². The van der Waals surface area contributed by atoms with Crippen molar-refractivity contribution in [2.75, 3.05) is 5.32 Å². The van der Waals surface area contributed by atoms with Crippen LogP contribution in [-0.2, 0) is 6.42 Å². The molecule has 1 aliphatic carbocycles. The fourth-order valence-corrected chi connectivity index (χ4v) is 2.54. The summed E-state index contributed by atoms with van der Waals surface area (Å²) < 4.78 is 0. The minimum absolute atomic E-state index is 0.367. The van der Waals surface area contributed by atoms with Gasteiger partial charge in [0.15, 0.2) is 0 Å². The second-order valence-corrected chi connectivity index (χ2v) is 5.36. The molecule has 0 amide bonds. The Balaban J connectivity index is 2.00. The van der Waals surface area contributed by atoms with Crippen LogP contribution in [0.3, 0.4) is 0 Å². The maximum Gasteiger partial charge on any atom is 0.130 e. The molecule has 3 nitrogen and oxygen atoms in total. The van der Waals surface area contributed by atoms with Gasteiger partial charge in [0, 0.05) is 23.2 Å². The van der Waals surface area contributed by atoms with Gasteiger partial charge >= 0.3 is 0 Å². The number of aromatic nitrogens is 2. The van der Waals surface area contributed by atoms with Crippen LogP contribution in [0.1, 0.15) is 44.1 Å². The first-order chi connectivity index (χ1) is 8.17. The predicted octanol–water partition coefficient (Wildman–Crippen LogP) is 3.31. The maximum absolute atomic E-state index is 6.10. The summed E-state index contributed by atoms with van der Waals surface area (Å²) in [6, 6.07) is 2.57. The number of aryl methyl sites for hydroxylation is 2. The lowest BCUT2D eigenvalue weighted by Gasteiger charge is -2.26. The highest BCUT2D eigenvalue weighted by atomic mass is 35.5. The molecule has 0 atom stereocenters. The van der Waals surface area contributed by atoms with Crippen molar-refractivity contribution in [2.45, 2.75) is 57.4 Å². The van der Waals surface area contributed by atoms with Crippen LogP contribution < -0.4 is 5.32 Å². The van der Waals surface area contributed by atoms with Crippen LogP contribution in [-0.4, -0.2) is 21.4 Å². The average Bonchev–Trinajstić information content (AvgIpc) is 2.31. The van der Waals surface area contributed by atoms with E-state index in [2.05, 4.69) is 28.3 Å². The van der Waals surface area contributed by atoms with Gasteiger partial charge in [-0.2, -0.15) is 0 Å². The number of halogens is 1. The largest absolute Gasteiger partial charge is 0.367 e. The Kier molecular flexibility index (Phi) is 4.21. The minimum Gasteiger partial charge on any atom is -0.367 e. The first-order valence-corrected chi connectivity index (χ1v) is 6.86. The van der Waals surface area contributed by atoms with E-state index in [-0.39, 0.29) is 0 Å². The molecule has 0 aromatic carbocycles. The number of nitrogens with one attached hydrogen (secondary N) is 1. The molecule has 0 aliphatic heterocycles. The highest BCUT2D eigenvalue weighted by Gasteiger charge is 2.19. The smallest absolute Gasteiger partial charge is 0.130 e. The number of rotatable bonds is 3. The lowest BCUT2D eigenvalue weighted by Crippen LogP contribution is -2.26. The van der Waals surface area contributed by atoms with Crippen molar-refractivity contribution in [3.05, 3.63) is 17.6 Å². The number of anilines is 1. The standard InChI is InChI=1S/C13H20ClN3/c1-3-11-8-13(16-9(2)15-11)17-12-6-4-10(14)5-7-12/h8,10,12H,3-7H2,1-2H3,(H,15,16,17). The maximum atomic E-state index is 6.10. The molecule has 4 heteroatoms.